The van der Waals surface area contributed by atoms with Gasteiger partial charge < -0.3 is 5.32 Å². The number of fused-ring (bicyclic) bond motifs is 1. The smallest absolute Gasteiger partial charge is 0.262 e. The Kier molecular flexibility index (Phi) is 5.47. The fraction of sp³-hybridized carbons (Fsp3) is 0.524. The molecule has 154 valence electrons. The van der Waals surface area contributed by atoms with Crippen molar-refractivity contribution in [1.29, 1.82) is 0 Å². The molecule has 4 rings (SSSR count). The first kappa shape index (κ1) is 19.7. The quantitative estimate of drug-likeness (QED) is 0.683. The highest BCUT2D eigenvalue weighted by Crippen LogP contribution is 2.31. The molecular formula is C21H26N4O4. The van der Waals surface area contributed by atoms with E-state index in [0.717, 1.165) is 42.9 Å². The van der Waals surface area contributed by atoms with Crippen molar-refractivity contribution >= 4 is 23.6 Å². The Bertz CT molecular complexity index is 862. The van der Waals surface area contributed by atoms with Crippen LogP contribution in [0, 0.1) is 0 Å². The molecule has 1 aromatic carbocycles. The average molecular weight is 398 g/mol. The molecule has 0 spiro atoms. The summed E-state index contributed by atoms with van der Waals surface area (Å²) in [5.41, 5.74) is 1.56. The molecule has 3 aliphatic heterocycles. The number of carbonyl (C=O) groups is 4. The molecule has 8 heteroatoms. The van der Waals surface area contributed by atoms with E-state index < -0.39 is 23.8 Å². The lowest BCUT2D eigenvalue weighted by molar-refractivity contribution is -0.136. The SMILES string of the molecule is CCCN(Cc1cccc2c1C(=O)N(C1CCC(=O)NC1=O)C2=O)C1CCNC1. The van der Waals surface area contributed by atoms with Gasteiger partial charge in [-0.15, -0.1) is 0 Å². The van der Waals surface area contributed by atoms with Gasteiger partial charge in [-0.25, -0.2) is 0 Å². The average Bonchev–Trinajstić information content (AvgIpc) is 3.31. The van der Waals surface area contributed by atoms with Crippen LogP contribution < -0.4 is 10.6 Å². The van der Waals surface area contributed by atoms with Crippen molar-refractivity contribution < 1.29 is 19.2 Å². The normalized spacial score (nSPS) is 24.4. The Hall–Kier alpha value is -2.58. The first-order valence-corrected chi connectivity index (χ1v) is 10.3. The van der Waals surface area contributed by atoms with Gasteiger partial charge in [0, 0.05) is 25.6 Å². The van der Waals surface area contributed by atoms with Crippen molar-refractivity contribution in [2.24, 2.45) is 0 Å². The van der Waals surface area contributed by atoms with E-state index in [4.69, 9.17) is 0 Å². The van der Waals surface area contributed by atoms with Gasteiger partial charge in [-0.05, 0) is 44.0 Å². The van der Waals surface area contributed by atoms with E-state index in [0.29, 0.717) is 23.7 Å². The summed E-state index contributed by atoms with van der Waals surface area (Å²) in [6.07, 6.45) is 2.35. The number of hydrogen-bond donors (Lipinski definition) is 2. The number of carbonyl (C=O) groups excluding carboxylic acids is 4. The maximum absolute atomic E-state index is 13.2. The van der Waals surface area contributed by atoms with Gasteiger partial charge in [0.15, 0.2) is 0 Å². The summed E-state index contributed by atoms with van der Waals surface area (Å²) in [5, 5.41) is 5.62. The topological polar surface area (TPSA) is 98.8 Å². The molecular weight excluding hydrogens is 372 g/mol. The van der Waals surface area contributed by atoms with Gasteiger partial charge >= 0.3 is 0 Å². The summed E-state index contributed by atoms with van der Waals surface area (Å²) < 4.78 is 0. The fourth-order valence-electron chi connectivity index (χ4n) is 4.56. The van der Waals surface area contributed by atoms with Gasteiger partial charge in [-0.3, -0.25) is 34.3 Å². The third-order valence-corrected chi connectivity index (χ3v) is 5.99. The summed E-state index contributed by atoms with van der Waals surface area (Å²) in [7, 11) is 0. The molecule has 2 atom stereocenters. The predicted molar refractivity (Wildman–Crippen MR) is 105 cm³/mol. The third-order valence-electron chi connectivity index (χ3n) is 5.99. The lowest BCUT2D eigenvalue weighted by Gasteiger charge is -2.29. The molecule has 1 aromatic rings. The maximum atomic E-state index is 13.2. The third kappa shape index (κ3) is 3.58. The Balaban J connectivity index is 1.62. The predicted octanol–water partition coefficient (Wildman–Crippen LogP) is 0.662. The van der Waals surface area contributed by atoms with Crippen molar-refractivity contribution in [2.75, 3.05) is 19.6 Å². The summed E-state index contributed by atoms with van der Waals surface area (Å²) in [6.45, 7) is 5.54. The number of rotatable bonds is 6. The van der Waals surface area contributed by atoms with Crippen LogP contribution in [0.2, 0.25) is 0 Å². The van der Waals surface area contributed by atoms with E-state index in [2.05, 4.69) is 22.5 Å². The molecule has 2 fully saturated rings. The number of amides is 4. The molecule has 2 unspecified atom stereocenters. The fourth-order valence-corrected chi connectivity index (χ4v) is 4.56. The van der Waals surface area contributed by atoms with Gasteiger partial charge in [0.05, 0.1) is 11.1 Å². The van der Waals surface area contributed by atoms with Crippen LogP contribution in [0.1, 0.15) is 58.9 Å². The van der Waals surface area contributed by atoms with Crippen molar-refractivity contribution in [3.8, 4) is 0 Å². The van der Waals surface area contributed by atoms with Gasteiger partial charge in [-0.1, -0.05) is 19.1 Å². The van der Waals surface area contributed by atoms with Crippen LogP contribution in [-0.4, -0.2) is 65.1 Å². The van der Waals surface area contributed by atoms with Crippen LogP contribution in [0.25, 0.3) is 0 Å². The Morgan fingerprint density at radius 2 is 1.97 bits per heavy atom. The summed E-state index contributed by atoms with van der Waals surface area (Å²) in [5.74, 6) is -1.84. The lowest BCUT2D eigenvalue weighted by atomic mass is 10.0. The molecule has 2 N–H and O–H groups in total. The number of nitrogens with zero attached hydrogens (tertiary/aromatic N) is 2. The molecule has 3 aliphatic rings. The maximum Gasteiger partial charge on any atom is 0.262 e. The zero-order chi connectivity index (χ0) is 20.5. The van der Waals surface area contributed by atoms with Crippen LogP contribution in [0.5, 0.6) is 0 Å². The van der Waals surface area contributed by atoms with E-state index in [1.165, 1.54) is 0 Å². The van der Waals surface area contributed by atoms with Crippen LogP contribution in [0.3, 0.4) is 0 Å². The highest BCUT2D eigenvalue weighted by Gasteiger charge is 2.45. The number of benzene rings is 1. The van der Waals surface area contributed by atoms with Gasteiger partial charge in [-0.2, -0.15) is 0 Å². The van der Waals surface area contributed by atoms with Crippen molar-refractivity contribution in [3.05, 3.63) is 34.9 Å². The second-order valence-corrected chi connectivity index (χ2v) is 7.90. The van der Waals surface area contributed by atoms with E-state index in [1.54, 1.807) is 12.1 Å². The standard InChI is InChI=1S/C21H26N4O4/c1-2-10-24(14-8-9-22-11-14)12-13-4-3-5-15-18(13)21(29)25(20(15)28)16-6-7-17(26)23-19(16)27/h3-5,14,16,22H,2,6-12H2,1H3,(H,23,26,27). The largest absolute Gasteiger partial charge is 0.315 e. The minimum Gasteiger partial charge on any atom is -0.315 e. The van der Waals surface area contributed by atoms with E-state index in [1.807, 2.05) is 6.07 Å². The molecule has 8 nitrogen and oxygen atoms in total. The van der Waals surface area contributed by atoms with Crippen LogP contribution in [-0.2, 0) is 16.1 Å². The van der Waals surface area contributed by atoms with Gasteiger partial charge in [0.25, 0.3) is 11.8 Å². The van der Waals surface area contributed by atoms with E-state index in [-0.39, 0.29) is 18.7 Å². The van der Waals surface area contributed by atoms with E-state index >= 15 is 0 Å². The molecule has 2 saturated heterocycles. The van der Waals surface area contributed by atoms with Crippen molar-refractivity contribution in [3.63, 3.8) is 0 Å². The van der Waals surface area contributed by atoms with Crippen molar-refractivity contribution in [1.82, 2.24) is 20.4 Å². The van der Waals surface area contributed by atoms with Crippen LogP contribution >= 0.6 is 0 Å². The highest BCUT2D eigenvalue weighted by atomic mass is 16.2. The molecule has 0 bridgehead atoms. The zero-order valence-corrected chi connectivity index (χ0v) is 16.6. The molecule has 4 amide bonds. The lowest BCUT2D eigenvalue weighted by Crippen LogP contribution is -2.54. The second kappa shape index (κ2) is 8.04. The molecule has 0 aromatic heterocycles. The molecule has 0 saturated carbocycles. The zero-order valence-electron chi connectivity index (χ0n) is 16.6. The molecule has 29 heavy (non-hydrogen) atoms. The Labute approximate surface area is 169 Å². The van der Waals surface area contributed by atoms with E-state index in [9.17, 15) is 19.2 Å². The number of piperidine rings is 1. The van der Waals surface area contributed by atoms with Gasteiger partial charge in [0.1, 0.15) is 6.04 Å². The van der Waals surface area contributed by atoms with Gasteiger partial charge in [0.2, 0.25) is 11.8 Å². The first-order chi connectivity index (χ1) is 14.0. The molecule has 0 radical (unpaired) electrons. The number of imide groups is 2. The summed E-state index contributed by atoms with van der Waals surface area (Å²) in [4.78, 5) is 53.3. The number of nitrogens with one attached hydrogen (secondary N) is 2. The second-order valence-electron chi connectivity index (χ2n) is 7.90. The molecule has 3 heterocycles. The Morgan fingerprint density at radius 1 is 1.14 bits per heavy atom. The van der Waals surface area contributed by atoms with Crippen LogP contribution in [0.15, 0.2) is 18.2 Å². The molecule has 0 aliphatic carbocycles. The van der Waals surface area contributed by atoms with Crippen molar-refractivity contribution in [2.45, 2.75) is 51.2 Å². The first-order valence-electron chi connectivity index (χ1n) is 10.3. The van der Waals surface area contributed by atoms with Crippen LogP contribution in [0.4, 0.5) is 0 Å². The Morgan fingerprint density at radius 3 is 2.66 bits per heavy atom. The summed E-state index contributed by atoms with van der Waals surface area (Å²) in [6, 6.07) is 4.81. The monoisotopic (exact) mass is 398 g/mol. The number of hydrogen-bond acceptors (Lipinski definition) is 6. The minimum absolute atomic E-state index is 0.121. The summed E-state index contributed by atoms with van der Waals surface area (Å²) >= 11 is 0. The minimum atomic E-state index is -0.932. The highest BCUT2D eigenvalue weighted by molar-refractivity contribution is 6.24.